The lowest BCUT2D eigenvalue weighted by Gasteiger charge is -2.03. The molecule has 16 heavy (non-hydrogen) atoms. The van der Waals surface area contributed by atoms with E-state index in [1.165, 1.54) is 10.9 Å². The van der Waals surface area contributed by atoms with Gasteiger partial charge < -0.3 is 16.7 Å². The van der Waals surface area contributed by atoms with Crippen molar-refractivity contribution in [3.05, 3.63) is 54.6 Å². The monoisotopic (exact) mass is 217 g/mol. The average molecular weight is 217 g/mol. The topological polar surface area (TPSA) is 89.0 Å². The van der Waals surface area contributed by atoms with Crippen molar-refractivity contribution in [3.8, 4) is 0 Å². The lowest BCUT2D eigenvalue weighted by molar-refractivity contribution is 0.823. The number of anilines is 1. The fraction of sp³-hybridized carbons (Fsp3) is 0. The highest BCUT2D eigenvalue weighted by atomic mass is 16.0. The first kappa shape index (κ1) is 14.2. The third kappa shape index (κ3) is 3.42. The summed E-state index contributed by atoms with van der Waals surface area (Å²) in [7, 11) is 0.910. The number of hydrogen-bond acceptors (Lipinski definition) is 1. The van der Waals surface area contributed by atoms with E-state index < -0.39 is 0 Å². The fourth-order valence-corrected chi connectivity index (χ4v) is 1.51. The molecule has 2 aromatic rings. The molecule has 0 aliphatic heterocycles. The van der Waals surface area contributed by atoms with Crippen LogP contribution in [0, 0.1) is 0 Å². The van der Waals surface area contributed by atoms with Crippen molar-refractivity contribution in [1.29, 1.82) is 0 Å². The fourth-order valence-electron chi connectivity index (χ4n) is 1.51. The van der Waals surface area contributed by atoms with E-state index in [4.69, 9.17) is 5.73 Å². The predicted octanol–water partition coefficient (Wildman–Crippen LogP) is -0.993. The van der Waals surface area contributed by atoms with Gasteiger partial charge in [0.05, 0.1) is 0 Å². The van der Waals surface area contributed by atoms with Gasteiger partial charge in [-0.2, -0.15) is 0 Å². The molecule has 0 atom stereocenters. The van der Waals surface area contributed by atoms with Crippen LogP contribution in [0.1, 0.15) is 0 Å². The molecule has 84 valence electrons. The van der Waals surface area contributed by atoms with Crippen LogP contribution in [0.2, 0.25) is 0 Å². The molecule has 0 amide bonds. The van der Waals surface area contributed by atoms with Gasteiger partial charge in [-0.15, -0.1) is 0 Å². The van der Waals surface area contributed by atoms with Crippen LogP contribution in [0.3, 0.4) is 0 Å². The van der Waals surface area contributed by atoms with Gasteiger partial charge in [-0.05, 0) is 6.07 Å². The second kappa shape index (κ2) is 6.66. The summed E-state index contributed by atoms with van der Waals surface area (Å²) in [5, 5.41) is 0. The normalized spacial score (nSPS) is 8.50. The lowest BCUT2D eigenvalue weighted by Crippen LogP contribution is -2.28. The standard InChI is InChI=1S/C12H12BN.2H2O/c14-12-9-5-4-8-11(12)13-10-6-2-1-3-7-10;;/h1-9,13H,14H2;2*1H2. The van der Waals surface area contributed by atoms with Gasteiger partial charge in [0.15, 0.2) is 7.28 Å². The first-order valence-corrected chi connectivity index (χ1v) is 4.73. The summed E-state index contributed by atoms with van der Waals surface area (Å²) in [6, 6.07) is 18.4. The van der Waals surface area contributed by atoms with Crippen molar-refractivity contribution >= 4 is 23.9 Å². The van der Waals surface area contributed by atoms with Crippen LogP contribution in [0.4, 0.5) is 5.69 Å². The number of hydrogen-bond donors (Lipinski definition) is 1. The first-order valence-electron chi connectivity index (χ1n) is 4.73. The molecular weight excluding hydrogens is 201 g/mol. The Morgan fingerprint density at radius 3 is 1.94 bits per heavy atom. The van der Waals surface area contributed by atoms with Crippen LogP contribution in [0.25, 0.3) is 0 Å². The van der Waals surface area contributed by atoms with E-state index in [9.17, 15) is 0 Å². The van der Waals surface area contributed by atoms with Gasteiger partial charge in [0, 0.05) is 5.69 Å². The highest BCUT2D eigenvalue weighted by molar-refractivity contribution is 6.68. The Balaban J connectivity index is 0.00000112. The largest absolute Gasteiger partial charge is 0.412 e. The molecule has 0 saturated heterocycles. The van der Waals surface area contributed by atoms with E-state index >= 15 is 0 Å². The average Bonchev–Trinajstić information content (AvgIpc) is 2.23. The van der Waals surface area contributed by atoms with Gasteiger partial charge in [-0.1, -0.05) is 59.5 Å². The number of nitrogens with two attached hydrogens (primary N) is 1. The molecule has 0 bridgehead atoms. The Bertz CT molecular complexity index is 420. The summed E-state index contributed by atoms with van der Waals surface area (Å²) >= 11 is 0. The Hall–Kier alpha value is -1.78. The summed E-state index contributed by atoms with van der Waals surface area (Å²) in [5.74, 6) is 0. The quantitative estimate of drug-likeness (QED) is 0.507. The maximum Gasteiger partial charge on any atom is 0.194 e. The zero-order chi connectivity index (χ0) is 9.80. The second-order valence-electron chi connectivity index (χ2n) is 3.36. The maximum absolute atomic E-state index is 5.87. The predicted molar refractivity (Wildman–Crippen MR) is 70.9 cm³/mol. The minimum absolute atomic E-state index is 0. The SMILES string of the molecule is Nc1ccccc1Bc1ccccc1.O.O. The molecule has 6 N–H and O–H groups in total. The summed E-state index contributed by atoms with van der Waals surface area (Å²) < 4.78 is 0. The van der Waals surface area contributed by atoms with Crippen molar-refractivity contribution < 1.29 is 11.0 Å². The van der Waals surface area contributed by atoms with E-state index in [0.717, 1.165) is 13.0 Å². The molecule has 2 rings (SSSR count). The van der Waals surface area contributed by atoms with Gasteiger partial charge in [-0.25, -0.2) is 0 Å². The zero-order valence-electron chi connectivity index (χ0n) is 8.98. The molecule has 0 aliphatic rings. The van der Waals surface area contributed by atoms with Crippen LogP contribution < -0.4 is 16.7 Å². The molecular formula is C12H16BNO2. The summed E-state index contributed by atoms with van der Waals surface area (Å²) in [6.45, 7) is 0. The summed E-state index contributed by atoms with van der Waals surface area (Å²) in [5.41, 5.74) is 9.23. The second-order valence-corrected chi connectivity index (χ2v) is 3.36. The summed E-state index contributed by atoms with van der Waals surface area (Å²) in [6.07, 6.45) is 0. The lowest BCUT2D eigenvalue weighted by atomic mass is 9.63. The van der Waals surface area contributed by atoms with E-state index in [0.29, 0.717) is 0 Å². The molecule has 3 nitrogen and oxygen atoms in total. The Morgan fingerprint density at radius 2 is 1.31 bits per heavy atom. The number of para-hydroxylation sites is 1. The minimum Gasteiger partial charge on any atom is -0.412 e. The van der Waals surface area contributed by atoms with Crippen molar-refractivity contribution in [3.63, 3.8) is 0 Å². The first-order chi connectivity index (χ1) is 6.86. The van der Waals surface area contributed by atoms with Crippen molar-refractivity contribution in [1.82, 2.24) is 0 Å². The minimum atomic E-state index is 0. The molecule has 0 fully saturated rings. The van der Waals surface area contributed by atoms with Crippen molar-refractivity contribution in [2.75, 3.05) is 5.73 Å². The van der Waals surface area contributed by atoms with E-state index in [2.05, 4.69) is 30.3 Å². The van der Waals surface area contributed by atoms with Crippen LogP contribution in [0.15, 0.2) is 54.6 Å². The van der Waals surface area contributed by atoms with E-state index in [1.807, 2.05) is 24.3 Å². The van der Waals surface area contributed by atoms with Crippen LogP contribution >= 0.6 is 0 Å². The van der Waals surface area contributed by atoms with Crippen LogP contribution in [-0.4, -0.2) is 18.2 Å². The third-order valence-electron chi connectivity index (χ3n) is 2.29. The van der Waals surface area contributed by atoms with Crippen molar-refractivity contribution in [2.45, 2.75) is 0 Å². The van der Waals surface area contributed by atoms with Crippen LogP contribution in [-0.2, 0) is 0 Å². The smallest absolute Gasteiger partial charge is 0.194 e. The van der Waals surface area contributed by atoms with Gasteiger partial charge >= 0.3 is 0 Å². The number of rotatable bonds is 2. The molecule has 0 heterocycles. The highest BCUT2D eigenvalue weighted by Crippen LogP contribution is 1.95. The molecule has 0 aliphatic carbocycles. The van der Waals surface area contributed by atoms with E-state index in [1.54, 1.807) is 0 Å². The molecule has 4 heteroatoms. The van der Waals surface area contributed by atoms with Gasteiger partial charge in [0.2, 0.25) is 0 Å². The Morgan fingerprint density at radius 1 is 0.750 bits per heavy atom. The van der Waals surface area contributed by atoms with Gasteiger partial charge in [-0.3, -0.25) is 0 Å². The molecule has 2 aromatic carbocycles. The highest BCUT2D eigenvalue weighted by Gasteiger charge is 2.00. The molecule has 0 aromatic heterocycles. The maximum atomic E-state index is 5.87. The molecule has 0 unspecified atom stereocenters. The number of nitrogen functional groups attached to an aromatic ring is 1. The molecule has 0 radical (unpaired) electrons. The van der Waals surface area contributed by atoms with Gasteiger partial charge in [0.1, 0.15) is 0 Å². The van der Waals surface area contributed by atoms with Crippen molar-refractivity contribution in [2.24, 2.45) is 0 Å². The summed E-state index contributed by atoms with van der Waals surface area (Å²) in [4.78, 5) is 0. The van der Waals surface area contributed by atoms with Crippen LogP contribution in [0.5, 0.6) is 0 Å². The Kier molecular flexibility index (Phi) is 5.92. The molecule has 0 saturated carbocycles. The zero-order valence-corrected chi connectivity index (χ0v) is 8.98. The third-order valence-corrected chi connectivity index (χ3v) is 2.29. The molecule has 0 spiro atoms. The number of benzene rings is 2. The van der Waals surface area contributed by atoms with E-state index in [-0.39, 0.29) is 11.0 Å². The van der Waals surface area contributed by atoms with Gasteiger partial charge in [0.25, 0.3) is 0 Å². The Labute approximate surface area is 95.8 Å².